The highest BCUT2D eigenvalue weighted by molar-refractivity contribution is 5.71. The minimum Gasteiger partial charge on any atom is -0.444 e. The van der Waals surface area contributed by atoms with Crippen LogP contribution in [0.15, 0.2) is 18.2 Å². The van der Waals surface area contributed by atoms with Gasteiger partial charge in [-0.05, 0) is 39.0 Å². The Morgan fingerprint density at radius 3 is 2.41 bits per heavy atom. The van der Waals surface area contributed by atoms with Gasteiger partial charge in [-0.15, -0.1) is 0 Å². The summed E-state index contributed by atoms with van der Waals surface area (Å²) in [6.45, 7) is 8.14. The Hall–Kier alpha value is -2.42. The molecule has 0 spiro atoms. The summed E-state index contributed by atoms with van der Waals surface area (Å²) in [6.07, 6.45) is -0.278. The predicted molar refractivity (Wildman–Crippen MR) is 85.6 cm³/mol. The van der Waals surface area contributed by atoms with E-state index in [1.165, 1.54) is 0 Å². The molecule has 0 aliphatic carbocycles. The number of nitrogens with two attached hydrogens (primary N) is 1. The minimum atomic E-state index is -0.480. The lowest BCUT2D eigenvalue weighted by molar-refractivity contribution is 0.0240. The number of amides is 1. The molecule has 1 amide bonds. The number of hydrogen-bond donors (Lipinski definition) is 1. The van der Waals surface area contributed by atoms with Gasteiger partial charge in [0.15, 0.2) is 0 Å². The average Bonchev–Trinajstić information content (AvgIpc) is 2.45. The van der Waals surface area contributed by atoms with Crippen LogP contribution in [0.1, 0.15) is 26.3 Å². The lowest BCUT2D eigenvalue weighted by Gasteiger charge is -2.37. The predicted octanol–water partition coefficient (Wildman–Crippen LogP) is 2.20. The molecule has 0 saturated carbocycles. The highest BCUT2D eigenvalue weighted by atomic mass is 16.6. The van der Waals surface area contributed by atoms with Crippen LogP contribution in [0, 0.1) is 11.3 Å². The van der Waals surface area contributed by atoms with E-state index in [1.54, 1.807) is 17.0 Å². The zero-order valence-corrected chi connectivity index (χ0v) is 13.3. The van der Waals surface area contributed by atoms with E-state index >= 15 is 0 Å². The van der Waals surface area contributed by atoms with E-state index in [-0.39, 0.29) is 6.09 Å². The van der Waals surface area contributed by atoms with E-state index in [0.29, 0.717) is 37.4 Å². The number of nitriles is 1. The summed E-state index contributed by atoms with van der Waals surface area (Å²) in [5, 5.41) is 8.87. The van der Waals surface area contributed by atoms with Crippen molar-refractivity contribution in [1.82, 2.24) is 4.90 Å². The molecule has 0 aromatic heterocycles. The Labute approximate surface area is 131 Å². The number of nitrogens with zero attached hydrogens (tertiary/aromatic N) is 3. The lowest BCUT2D eigenvalue weighted by atomic mass is 10.1. The van der Waals surface area contributed by atoms with Crippen molar-refractivity contribution in [2.24, 2.45) is 0 Å². The zero-order valence-electron chi connectivity index (χ0n) is 13.3. The minimum absolute atomic E-state index is 0.278. The quantitative estimate of drug-likeness (QED) is 0.804. The van der Waals surface area contributed by atoms with Crippen LogP contribution in [-0.2, 0) is 4.74 Å². The maximum absolute atomic E-state index is 12.0. The molecule has 1 aliphatic rings. The first-order chi connectivity index (χ1) is 10.3. The molecule has 1 heterocycles. The molecule has 118 valence electrons. The third-order valence-corrected chi connectivity index (χ3v) is 3.43. The zero-order chi connectivity index (χ0) is 16.3. The van der Waals surface area contributed by atoms with Crippen molar-refractivity contribution in [2.75, 3.05) is 36.8 Å². The summed E-state index contributed by atoms with van der Waals surface area (Å²) in [4.78, 5) is 15.9. The summed E-state index contributed by atoms with van der Waals surface area (Å²) in [5.74, 6) is 0. The number of hydrogen-bond acceptors (Lipinski definition) is 5. The van der Waals surface area contributed by atoms with Gasteiger partial charge in [0.1, 0.15) is 5.60 Å². The lowest BCUT2D eigenvalue weighted by Crippen LogP contribution is -2.50. The van der Waals surface area contributed by atoms with Crippen LogP contribution in [-0.4, -0.2) is 42.8 Å². The van der Waals surface area contributed by atoms with Crippen molar-refractivity contribution >= 4 is 17.5 Å². The molecule has 6 heteroatoms. The fraction of sp³-hybridized carbons (Fsp3) is 0.500. The number of piperazine rings is 1. The number of ether oxygens (including phenoxy) is 1. The second-order valence-corrected chi connectivity index (χ2v) is 6.34. The average molecular weight is 302 g/mol. The first-order valence-corrected chi connectivity index (χ1v) is 7.32. The highest BCUT2D eigenvalue weighted by Crippen LogP contribution is 2.25. The van der Waals surface area contributed by atoms with Crippen molar-refractivity contribution in [1.29, 1.82) is 5.26 Å². The Kier molecular flexibility index (Phi) is 4.45. The van der Waals surface area contributed by atoms with Crippen molar-refractivity contribution in [3.05, 3.63) is 23.8 Å². The summed E-state index contributed by atoms with van der Waals surface area (Å²) in [5.41, 5.74) is 7.57. The normalized spacial score (nSPS) is 15.4. The second kappa shape index (κ2) is 6.14. The Bertz CT molecular complexity index is 593. The fourth-order valence-electron chi connectivity index (χ4n) is 2.37. The molecule has 0 bridgehead atoms. The summed E-state index contributed by atoms with van der Waals surface area (Å²) >= 11 is 0. The Morgan fingerprint density at radius 1 is 1.27 bits per heavy atom. The number of anilines is 2. The number of carbonyl (C=O) groups excluding carboxylic acids is 1. The van der Waals surface area contributed by atoms with Crippen LogP contribution in [0.3, 0.4) is 0 Å². The van der Waals surface area contributed by atoms with E-state index in [9.17, 15) is 4.79 Å². The van der Waals surface area contributed by atoms with E-state index in [2.05, 4.69) is 11.0 Å². The van der Waals surface area contributed by atoms with Crippen LogP contribution >= 0.6 is 0 Å². The van der Waals surface area contributed by atoms with Gasteiger partial charge in [-0.25, -0.2) is 4.79 Å². The molecule has 1 saturated heterocycles. The van der Waals surface area contributed by atoms with Crippen LogP contribution in [0.4, 0.5) is 16.2 Å². The Morgan fingerprint density at radius 2 is 1.91 bits per heavy atom. The van der Waals surface area contributed by atoms with Gasteiger partial charge < -0.3 is 20.3 Å². The number of benzene rings is 1. The van der Waals surface area contributed by atoms with Gasteiger partial charge in [-0.3, -0.25) is 0 Å². The molecule has 2 rings (SSSR count). The summed E-state index contributed by atoms with van der Waals surface area (Å²) in [7, 11) is 0. The molecule has 6 nitrogen and oxygen atoms in total. The van der Waals surface area contributed by atoms with Crippen molar-refractivity contribution < 1.29 is 9.53 Å². The maximum atomic E-state index is 12.0. The van der Waals surface area contributed by atoms with E-state index in [1.807, 2.05) is 26.8 Å². The first-order valence-electron chi connectivity index (χ1n) is 7.32. The SMILES string of the molecule is CC(C)(C)OC(=O)N1CCN(c2ccc(C#N)cc2N)CC1. The number of rotatable bonds is 1. The Balaban J connectivity index is 1.98. The van der Waals surface area contributed by atoms with Gasteiger partial charge >= 0.3 is 6.09 Å². The molecule has 1 fully saturated rings. The van der Waals surface area contributed by atoms with Gasteiger partial charge in [0, 0.05) is 26.2 Å². The standard InChI is InChI=1S/C16H22N4O2/c1-16(2,3)22-15(21)20-8-6-19(7-9-20)14-5-4-12(11-17)10-13(14)18/h4-5,10H,6-9,18H2,1-3H3. The second-order valence-electron chi connectivity index (χ2n) is 6.34. The molecular weight excluding hydrogens is 280 g/mol. The molecule has 1 aliphatic heterocycles. The molecule has 0 unspecified atom stereocenters. The van der Waals surface area contributed by atoms with Crippen molar-refractivity contribution in [3.63, 3.8) is 0 Å². The molecule has 0 radical (unpaired) electrons. The first kappa shape index (κ1) is 16.0. The highest BCUT2D eigenvalue weighted by Gasteiger charge is 2.26. The van der Waals surface area contributed by atoms with Gasteiger partial charge in [-0.1, -0.05) is 0 Å². The van der Waals surface area contributed by atoms with E-state index in [0.717, 1.165) is 5.69 Å². The monoisotopic (exact) mass is 302 g/mol. The number of nitrogen functional groups attached to an aromatic ring is 1. The smallest absolute Gasteiger partial charge is 0.410 e. The van der Waals surface area contributed by atoms with E-state index < -0.39 is 5.60 Å². The van der Waals surface area contributed by atoms with Gasteiger partial charge in [0.25, 0.3) is 0 Å². The molecule has 0 atom stereocenters. The van der Waals surface area contributed by atoms with E-state index in [4.69, 9.17) is 15.7 Å². The summed E-state index contributed by atoms with van der Waals surface area (Å²) in [6, 6.07) is 7.36. The van der Waals surface area contributed by atoms with Gasteiger partial charge in [0.05, 0.1) is 23.0 Å². The molecule has 1 aromatic carbocycles. The van der Waals surface area contributed by atoms with Crippen LogP contribution in [0.2, 0.25) is 0 Å². The fourth-order valence-corrected chi connectivity index (χ4v) is 2.37. The molecule has 1 aromatic rings. The van der Waals surface area contributed by atoms with Crippen molar-refractivity contribution in [3.8, 4) is 6.07 Å². The third kappa shape index (κ3) is 3.82. The molecular formula is C16H22N4O2. The van der Waals surface area contributed by atoms with Gasteiger partial charge in [-0.2, -0.15) is 5.26 Å². The van der Waals surface area contributed by atoms with Crippen LogP contribution < -0.4 is 10.6 Å². The third-order valence-electron chi connectivity index (χ3n) is 3.43. The molecule has 22 heavy (non-hydrogen) atoms. The summed E-state index contributed by atoms with van der Waals surface area (Å²) < 4.78 is 5.38. The van der Waals surface area contributed by atoms with Gasteiger partial charge in [0.2, 0.25) is 0 Å². The molecule has 2 N–H and O–H groups in total. The topological polar surface area (TPSA) is 82.6 Å². The van der Waals surface area contributed by atoms with Crippen molar-refractivity contribution in [2.45, 2.75) is 26.4 Å². The largest absolute Gasteiger partial charge is 0.444 e. The van der Waals surface area contributed by atoms with Crippen LogP contribution in [0.25, 0.3) is 0 Å². The number of carbonyl (C=O) groups is 1. The van der Waals surface area contributed by atoms with Crippen LogP contribution in [0.5, 0.6) is 0 Å². The maximum Gasteiger partial charge on any atom is 0.410 e.